The summed E-state index contributed by atoms with van der Waals surface area (Å²) in [6, 6.07) is 31.6. The van der Waals surface area contributed by atoms with Gasteiger partial charge in [0, 0.05) is 22.0 Å². The van der Waals surface area contributed by atoms with Gasteiger partial charge in [-0.05, 0) is 66.4 Å². The normalized spacial score (nSPS) is 14.8. The van der Waals surface area contributed by atoms with Crippen LogP contribution in [0.5, 0.6) is 5.75 Å². The van der Waals surface area contributed by atoms with Crippen LogP contribution < -0.4 is 15.0 Å². The summed E-state index contributed by atoms with van der Waals surface area (Å²) >= 11 is 6.26. The Morgan fingerprint density at radius 3 is 2.36 bits per heavy atom. The smallest absolute Gasteiger partial charge is 0.262 e. The standard InChI is InChI=1S/C31H29ClN2O2/c1-2-3-8-22-13-17-25(18-14-22)34-30(33-29-12-7-5-10-27(29)31(34)35)23-15-19-26(20-16-23)36-21-24-9-4-6-11-28(24)32/h4-7,9-20,30,33H,2-3,8,21H2,1H3/t30-/m1/s1. The molecule has 0 saturated heterocycles. The molecule has 1 heterocycles. The summed E-state index contributed by atoms with van der Waals surface area (Å²) in [5, 5.41) is 4.26. The number of carbonyl (C=O) groups excluding carboxylic acids is 1. The van der Waals surface area contributed by atoms with Crippen molar-refractivity contribution >= 4 is 28.9 Å². The zero-order chi connectivity index (χ0) is 24.9. The number of hydrogen-bond acceptors (Lipinski definition) is 3. The topological polar surface area (TPSA) is 41.6 Å². The van der Waals surface area contributed by atoms with Crippen LogP contribution in [-0.2, 0) is 13.0 Å². The van der Waals surface area contributed by atoms with Gasteiger partial charge in [0.15, 0.2) is 0 Å². The number of ether oxygens (including phenoxy) is 1. The maximum Gasteiger partial charge on any atom is 0.262 e. The van der Waals surface area contributed by atoms with Gasteiger partial charge in [0.1, 0.15) is 18.5 Å². The first-order chi connectivity index (χ1) is 17.6. The molecule has 1 aliphatic heterocycles. The molecule has 1 N–H and O–H groups in total. The third-order valence-electron chi connectivity index (χ3n) is 6.51. The maximum atomic E-state index is 13.7. The number of aryl methyl sites for hydroxylation is 1. The Hall–Kier alpha value is -3.76. The molecule has 0 unspecified atom stereocenters. The van der Waals surface area contributed by atoms with Crippen LogP contribution in [0.2, 0.25) is 5.02 Å². The van der Waals surface area contributed by atoms with Crippen molar-refractivity contribution in [2.75, 3.05) is 10.2 Å². The molecule has 0 aromatic heterocycles. The van der Waals surface area contributed by atoms with E-state index in [-0.39, 0.29) is 12.1 Å². The van der Waals surface area contributed by atoms with Crippen LogP contribution >= 0.6 is 11.6 Å². The second-order valence-corrected chi connectivity index (χ2v) is 9.39. The molecule has 0 aliphatic carbocycles. The third-order valence-corrected chi connectivity index (χ3v) is 6.88. The van der Waals surface area contributed by atoms with E-state index in [1.807, 2.05) is 89.8 Å². The number of rotatable bonds is 8. The van der Waals surface area contributed by atoms with Gasteiger partial charge < -0.3 is 10.1 Å². The number of halogens is 1. The third kappa shape index (κ3) is 5.09. The fourth-order valence-corrected chi connectivity index (χ4v) is 4.67. The Bertz CT molecular complexity index is 1340. The summed E-state index contributed by atoms with van der Waals surface area (Å²) < 4.78 is 5.96. The molecule has 5 rings (SSSR count). The lowest BCUT2D eigenvalue weighted by Crippen LogP contribution is -2.43. The Balaban J connectivity index is 1.41. The highest BCUT2D eigenvalue weighted by Gasteiger charge is 2.34. The van der Waals surface area contributed by atoms with E-state index in [9.17, 15) is 4.79 Å². The highest BCUT2D eigenvalue weighted by atomic mass is 35.5. The lowest BCUT2D eigenvalue weighted by Gasteiger charge is -2.38. The molecule has 4 aromatic carbocycles. The predicted molar refractivity (Wildman–Crippen MR) is 147 cm³/mol. The lowest BCUT2D eigenvalue weighted by molar-refractivity contribution is 0.0975. The van der Waals surface area contributed by atoms with E-state index < -0.39 is 0 Å². The van der Waals surface area contributed by atoms with E-state index in [4.69, 9.17) is 16.3 Å². The average Bonchev–Trinajstić information content (AvgIpc) is 2.92. The van der Waals surface area contributed by atoms with Crippen LogP contribution in [0.1, 0.15) is 53.0 Å². The second-order valence-electron chi connectivity index (χ2n) is 8.99. The minimum atomic E-state index is -0.341. The van der Waals surface area contributed by atoms with E-state index in [1.54, 1.807) is 0 Å². The molecule has 1 aliphatic rings. The molecule has 1 amide bonds. The van der Waals surface area contributed by atoms with Crippen LogP contribution in [0.15, 0.2) is 97.1 Å². The largest absolute Gasteiger partial charge is 0.489 e. The van der Waals surface area contributed by atoms with Gasteiger partial charge in [-0.2, -0.15) is 0 Å². The number of nitrogens with zero attached hydrogens (tertiary/aromatic N) is 1. The Kier molecular flexibility index (Phi) is 7.24. The molecule has 5 heteroatoms. The van der Waals surface area contributed by atoms with Crippen molar-refractivity contribution in [1.29, 1.82) is 0 Å². The number of amides is 1. The number of anilines is 2. The fraction of sp³-hybridized carbons (Fsp3) is 0.194. The molecule has 4 nitrogen and oxygen atoms in total. The molecular weight excluding hydrogens is 468 g/mol. The van der Waals surface area contributed by atoms with Crippen molar-refractivity contribution < 1.29 is 9.53 Å². The minimum Gasteiger partial charge on any atom is -0.489 e. The fourth-order valence-electron chi connectivity index (χ4n) is 4.48. The highest BCUT2D eigenvalue weighted by molar-refractivity contribution is 6.31. The van der Waals surface area contributed by atoms with E-state index in [2.05, 4.69) is 24.4 Å². The zero-order valence-electron chi connectivity index (χ0n) is 20.3. The van der Waals surface area contributed by atoms with Crippen molar-refractivity contribution in [3.8, 4) is 5.75 Å². The first-order valence-electron chi connectivity index (χ1n) is 12.4. The van der Waals surface area contributed by atoms with Crippen molar-refractivity contribution in [3.05, 3.63) is 124 Å². The quantitative estimate of drug-likeness (QED) is 0.268. The summed E-state index contributed by atoms with van der Waals surface area (Å²) in [4.78, 5) is 15.5. The van der Waals surface area contributed by atoms with Gasteiger partial charge in [-0.3, -0.25) is 9.69 Å². The van der Waals surface area contributed by atoms with Crippen LogP contribution in [0.4, 0.5) is 11.4 Å². The summed E-state index contributed by atoms with van der Waals surface area (Å²) in [6.45, 7) is 2.59. The van der Waals surface area contributed by atoms with Gasteiger partial charge in [-0.1, -0.05) is 79.5 Å². The number of para-hydroxylation sites is 1. The van der Waals surface area contributed by atoms with E-state index >= 15 is 0 Å². The maximum absolute atomic E-state index is 13.7. The number of carbonyl (C=O) groups is 1. The number of fused-ring (bicyclic) bond motifs is 1. The molecule has 0 spiro atoms. The summed E-state index contributed by atoms with van der Waals surface area (Å²) in [5.74, 6) is 0.725. The first kappa shape index (κ1) is 24.0. The van der Waals surface area contributed by atoms with Gasteiger partial charge in [-0.25, -0.2) is 0 Å². The second kappa shape index (κ2) is 10.9. The zero-order valence-corrected chi connectivity index (χ0v) is 21.0. The summed E-state index contributed by atoms with van der Waals surface area (Å²) in [6.07, 6.45) is 3.02. The van der Waals surface area contributed by atoms with Crippen LogP contribution in [-0.4, -0.2) is 5.91 Å². The van der Waals surface area contributed by atoms with Crippen molar-refractivity contribution in [2.45, 2.75) is 39.0 Å². The van der Waals surface area contributed by atoms with Crippen LogP contribution in [0.25, 0.3) is 0 Å². The van der Waals surface area contributed by atoms with Crippen LogP contribution in [0, 0.1) is 0 Å². The number of hydrogen-bond donors (Lipinski definition) is 1. The van der Waals surface area contributed by atoms with Gasteiger partial charge in [0.25, 0.3) is 5.91 Å². The SMILES string of the molecule is CCCCc1ccc(N2C(=O)c3ccccc3N[C@H]2c2ccc(OCc3ccccc3Cl)cc2)cc1. The minimum absolute atomic E-state index is 0.0188. The summed E-state index contributed by atoms with van der Waals surface area (Å²) in [5.41, 5.74) is 5.57. The number of unbranched alkanes of at least 4 members (excludes halogenated alkanes) is 1. The first-order valence-corrected chi connectivity index (χ1v) is 12.8. The molecule has 0 radical (unpaired) electrons. The van der Waals surface area contributed by atoms with Gasteiger partial charge in [0.05, 0.1) is 5.56 Å². The highest BCUT2D eigenvalue weighted by Crippen LogP contribution is 2.37. The average molecular weight is 497 g/mol. The molecule has 36 heavy (non-hydrogen) atoms. The van der Waals surface area contributed by atoms with Crippen LogP contribution in [0.3, 0.4) is 0 Å². The molecule has 4 aromatic rings. The molecule has 1 atom stereocenters. The molecular formula is C31H29ClN2O2. The van der Waals surface area contributed by atoms with Gasteiger partial charge >= 0.3 is 0 Å². The summed E-state index contributed by atoms with van der Waals surface area (Å²) in [7, 11) is 0. The van der Waals surface area contributed by atoms with Gasteiger partial charge in [-0.15, -0.1) is 0 Å². The monoisotopic (exact) mass is 496 g/mol. The molecule has 0 saturated carbocycles. The number of nitrogens with one attached hydrogen (secondary N) is 1. The molecule has 0 fully saturated rings. The Labute approximate surface area is 217 Å². The predicted octanol–water partition coefficient (Wildman–Crippen LogP) is 8.03. The number of benzene rings is 4. The van der Waals surface area contributed by atoms with Crippen molar-refractivity contribution in [3.63, 3.8) is 0 Å². The molecule has 182 valence electrons. The van der Waals surface area contributed by atoms with E-state index in [0.29, 0.717) is 17.2 Å². The van der Waals surface area contributed by atoms with E-state index in [0.717, 1.165) is 47.5 Å². The Morgan fingerprint density at radius 1 is 0.889 bits per heavy atom. The lowest BCUT2D eigenvalue weighted by atomic mass is 10.0. The van der Waals surface area contributed by atoms with E-state index in [1.165, 1.54) is 5.56 Å². The Morgan fingerprint density at radius 2 is 1.61 bits per heavy atom. The van der Waals surface area contributed by atoms with Crippen molar-refractivity contribution in [1.82, 2.24) is 0 Å². The molecule has 0 bridgehead atoms. The van der Waals surface area contributed by atoms with Crippen molar-refractivity contribution in [2.24, 2.45) is 0 Å². The van der Waals surface area contributed by atoms with Gasteiger partial charge in [0.2, 0.25) is 0 Å².